The van der Waals surface area contributed by atoms with Crippen LogP contribution in [0.1, 0.15) is 23.7 Å². The van der Waals surface area contributed by atoms with Crippen LogP contribution in [0.2, 0.25) is 0 Å². The molecule has 1 aromatic carbocycles. The van der Waals surface area contributed by atoms with Crippen molar-refractivity contribution in [3.8, 4) is 0 Å². The quantitative estimate of drug-likeness (QED) is 0.507. The maximum absolute atomic E-state index is 11.8. The summed E-state index contributed by atoms with van der Waals surface area (Å²) in [5, 5.41) is 7.05. The molecule has 8 heteroatoms. The van der Waals surface area contributed by atoms with Gasteiger partial charge in [-0.2, -0.15) is 0 Å². The van der Waals surface area contributed by atoms with E-state index < -0.39 is 17.9 Å². The molecule has 0 aliphatic carbocycles. The molecule has 0 aliphatic heterocycles. The largest absolute Gasteiger partial charge is 0.368 e. The van der Waals surface area contributed by atoms with E-state index in [1.807, 2.05) is 37.3 Å². The van der Waals surface area contributed by atoms with Crippen molar-refractivity contribution in [1.29, 1.82) is 0 Å². The van der Waals surface area contributed by atoms with Gasteiger partial charge in [0.25, 0.3) is 5.91 Å². The summed E-state index contributed by atoms with van der Waals surface area (Å²) in [7, 11) is 0. The van der Waals surface area contributed by atoms with Crippen molar-refractivity contribution in [2.24, 2.45) is 11.5 Å². The molecule has 3 aromatic rings. The van der Waals surface area contributed by atoms with Crippen LogP contribution in [0.5, 0.6) is 0 Å². The predicted molar refractivity (Wildman–Crippen MR) is 105 cm³/mol. The number of anilines is 3. The fourth-order valence-corrected chi connectivity index (χ4v) is 2.67. The first-order chi connectivity index (χ1) is 13.0. The molecule has 3 rings (SSSR count). The number of nitrogens with two attached hydrogens (primary N) is 2. The number of nitrogens with one attached hydrogen (secondary N) is 2. The van der Waals surface area contributed by atoms with E-state index in [2.05, 4.69) is 20.6 Å². The Hall–Kier alpha value is -3.68. The zero-order chi connectivity index (χ0) is 19.4. The lowest BCUT2D eigenvalue weighted by Gasteiger charge is -2.16. The SMILES string of the molecule is CCC(Nc1ccc(C(N)=O)c(Nc2ccc3cccnc3c2)n1)C(N)=O. The first kappa shape index (κ1) is 18.1. The predicted octanol–water partition coefficient (Wildman–Crippen LogP) is 2.15. The van der Waals surface area contributed by atoms with Gasteiger partial charge in [0.2, 0.25) is 5.91 Å². The fourth-order valence-electron chi connectivity index (χ4n) is 2.67. The molecule has 27 heavy (non-hydrogen) atoms. The highest BCUT2D eigenvalue weighted by atomic mass is 16.1. The summed E-state index contributed by atoms with van der Waals surface area (Å²) in [4.78, 5) is 31.9. The van der Waals surface area contributed by atoms with Crippen molar-refractivity contribution in [3.05, 3.63) is 54.2 Å². The van der Waals surface area contributed by atoms with Gasteiger partial charge in [-0.3, -0.25) is 14.6 Å². The normalized spacial score (nSPS) is 11.7. The topological polar surface area (TPSA) is 136 Å². The van der Waals surface area contributed by atoms with E-state index in [-0.39, 0.29) is 11.4 Å². The Labute approximate surface area is 156 Å². The Morgan fingerprint density at radius 2 is 1.96 bits per heavy atom. The highest BCUT2D eigenvalue weighted by Crippen LogP contribution is 2.24. The first-order valence-electron chi connectivity index (χ1n) is 8.46. The molecule has 8 nitrogen and oxygen atoms in total. The van der Waals surface area contributed by atoms with Crippen LogP contribution in [-0.2, 0) is 4.79 Å². The minimum atomic E-state index is -0.614. The van der Waals surface area contributed by atoms with Crippen LogP contribution in [0.15, 0.2) is 48.7 Å². The molecule has 0 radical (unpaired) electrons. The Balaban J connectivity index is 1.94. The summed E-state index contributed by atoms with van der Waals surface area (Å²) in [5.74, 6) is -0.403. The van der Waals surface area contributed by atoms with E-state index in [4.69, 9.17) is 11.5 Å². The molecule has 138 valence electrons. The van der Waals surface area contributed by atoms with Gasteiger partial charge in [0.15, 0.2) is 0 Å². The Bertz CT molecular complexity index is 1000. The van der Waals surface area contributed by atoms with Crippen molar-refractivity contribution in [3.63, 3.8) is 0 Å². The third-order valence-corrected chi connectivity index (χ3v) is 4.10. The van der Waals surface area contributed by atoms with Gasteiger partial charge in [0.05, 0.1) is 11.1 Å². The number of benzene rings is 1. The second-order valence-electron chi connectivity index (χ2n) is 6.00. The summed E-state index contributed by atoms with van der Waals surface area (Å²) in [6.07, 6.45) is 2.21. The molecule has 1 unspecified atom stereocenters. The van der Waals surface area contributed by atoms with Gasteiger partial charge < -0.3 is 22.1 Å². The van der Waals surface area contributed by atoms with E-state index in [0.717, 1.165) is 10.9 Å². The molecule has 0 saturated carbocycles. The molecule has 2 heterocycles. The molecule has 0 aliphatic rings. The van der Waals surface area contributed by atoms with Gasteiger partial charge in [-0.1, -0.05) is 19.1 Å². The zero-order valence-corrected chi connectivity index (χ0v) is 14.8. The Morgan fingerprint density at radius 1 is 1.15 bits per heavy atom. The number of aromatic nitrogens is 2. The number of carbonyl (C=O) groups excluding carboxylic acids is 2. The average Bonchev–Trinajstić information content (AvgIpc) is 2.65. The number of carbonyl (C=O) groups is 2. The lowest BCUT2D eigenvalue weighted by Crippen LogP contribution is -2.35. The number of hydrogen-bond donors (Lipinski definition) is 4. The number of rotatable bonds is 7. The smallest absolute Gasteiger partial charge is 0.252 e. The summed E-state index contributed by atoms with van der Waals surface area (Å²) in [5.41, 5.74) is 12.6. The number of fused-ring (bicyclic) bond motifs is 1. The van der Waals surface area contributed by atoms with Gasteiger partial charge in [0, 0.05) is 17.3 Å². The monoisotopic (exact) mass is 364 g/mol. The van der Waals surface area contributed by atoms with Crippen LogP contribution in [0.25, 0.3) is 10.9 Å². The lowest BCUT2D eigenvalue weighted by molar-refractivity contribution is -0.118. The van der Waals surface area contributed by atoms with E-state index in [9.17, 15) is 9.59 Å². The van der Waals surface area contributed by atoms with Crippen LogP contribution in [0.3, 0.4) is 0 Å². The minimum Gasteiger partial charge on any atom is -0.368 e. The molecule has 2 amide bonds. The summed E-state index contributed by atoms with van der Waals surface area (Å²) >= 11 is 0. The number of amides is 2. The van der Waals surface area contributed by atoms with Crippen LogP contribution in [0, 0.1) is 0 Å². The molecule has 0 fully saturated rings. The van der Waals surface area contributed by atoms with Crippen molar-refractivity contribution >= 4 is 40.0 Å². The number of primary amides is 2. The molecule has 0 spiro atoms. The van der Waals surface area contributed by atoms with Crippen molar-refractivity contribution in [1.82, 2.24) is 9.97 Å². The van der Waals surface area contributed by atoms with Crippen molar-refractivity contribution in [2.45, 2.75) is 19.4 Å². The van der Waals surface area contributed by atoms with Gasteiger partial charge >= 0.3 is 0 Å². The molecule has 2 aromatic heterocycles. The minimum absolute atomic E-state index is 0.230. The van der Waals surface area contributed by atoms with Gasteiger partial charge in [-0.15, -0.1) is 0 Å². The van der Waals surface area contributed by atoms with E-state index in [0.29, 0.717) is 17.9 Å². The van der Waals surface area contributed by atoms with Crippen molar-refractivity contribution < 1.29 is 9.59 Å². The molecule has 0 bridgehead atoms. The van der Waals surface area contributed by atoms with Gasteiger partial charge in [-0.25, -0.2) is 4.98 Å². The van der Waals surface area contributed by atoms with Gasteiger partial charge in [-0.05, 0) is 36.8 Å². The average molecular weight is 364 g/mol. The molecular formula is C19H20N6O2. The summed E-state index contributed by atoms with van der Waals surface area (Å²) in [6.45, 7) is 1.83. The molecule has 1 atom stereocenters. The Morgan fingerprint density at radius 3 is 2.67 bits per heavy atom. The van der Waals surface area contributed by atoms with Crippen LogP contribution in [0.4, 0.5) is 17.3 Å². The highest BCUT2D eigenvalue weighted by molar-refractivity contribution is 5.99. The summed E-state index contributed by atoms with van der Waals surface area (Å²) in [6, 6.07) is 12.0. The van der Waals surface area contributed by atoms with Crippen LogP contribution >= 0.6 is 0 Å². The second kappa shape index (κ2) is 7.69. The standard InChI is InChI=1S/C19H20N6O2/c1-2-14(18(21)27)24-16-8-7-13(17(20)26)19(25-16)23-12-6-5-11-4-3-9-22-15(11)10-12/h3-10,14H,2H2,1H3,(H2,20,26)(H2,21,27)(H2,23,24,25). The van der Waals surface area contributed by atoms with Crippen molar-refractivity contribution in [2.75, 3.05) is 10.6 Å². The fraction of sp³-hybridized carbons (Fsp3) is 0.158. The van der Waals surface area contributed by atoms with E-state index in [1.54, 1.807) is 18.3 Å². The molecule has 0 saturated heterocycles. The van der Waals surface area contributed by atoms with Crippen LogP contribution in [-0.4, -0.2) is 27.8 Å². The summed E-state index contributed by atoms with van der Waals surface area (Å²) < 4.78 is 0. The highest BCUT2D eigenvalue weighted by Gasteiger charge is 2.16. The Kier molecular flexibility index (Phi) is 5.16. The second-order valence-corrected chi connectivity index (χ2v) is 6.00. The van der Waals surface area contributed by atoms with E-state index >= 15 is 0 Å². The molecular weight excluding hydrogens is 344 g/mol. The maximum Gasteiger partial charge on any atom is 0.252 e. The van der Waals surface area contributed by atoms with Gasteiger partial charge in [0.1, 0.15) is 17.7 Å². The third kappa shape index (κ3) is 4.12. The van der Waals surface area contributed by atoms with E-state index in [1.165, 1.54) is 0 Å². The number of nitrogens with zero attached hydrogens (tertiary/aromatic N) is 2. The lowest BCUT2D eigenvalue weighted by atomic mass is 10.2. The first-order valence-corrected chi connectivity index (χ1v) is 8.46. The molecule has 6 N–H and O–H groups in total. The third-order valence-electron chi connectivity index (χ3n) is 4.10. The van der Waals surface area contributed by atoms with Crippen LogP contribution < -0.4 is 22.1 Å². The number of hydrogen-bond acceptors (Lipinski definition) is 6. The maximum atomic E-state index is 11.8. The number of pyridine rings is 2. The zero-order valence-electron chi connectivity index (χ0n) is 14.8.